The van der Waals surface area contributed by atoms with Crippen LogP contribution in [0.1, 0.15) is 130 Å². The SMILES string of the molecule is CC(C)(C)c1cc(COC(=O)[C@@H]2N3C(=O)[C@@H](CO)[C@H]3SC2(C)C)cc(C(C)(C)C)c1O.CCCCCCCC[S+]([O-])C(C)Cc1ccc2c(c1)OCO2. The van der Waals surface area contributed by atoms with Gasteiger partial charge < -0.3 is 33.9 Å². The number of aliphatic hydroxyl groups excluding tert-OH is 1. The maximum absolute atomic E-state index is 13.1. The predicted octanol–water partition coefficient (Wildman–Crippen LogP) is 8.16. The van der Waals surface area contributed by atoms with Crippen LogP contribution >= 0.6 is 11.8 Å². The number of aliphatic hydroxyl groups is 1. The predicted molar refractivity (Wildman–Crippen MR) is 214 cm³/mol. The summed E-state index contributed by atoms with van der Waals surface area (Å²) in [4.78, 5) is 27.0. The molecule has 0 radical (unpaired) electrons. The molecule has 1 amide bonds. The zero-order chi connectivity index (χ0) is 39.3. The summed E-state index contributed by atoms with van der Waals surface area (Å²) in [6.07, 6.45) is 8.32. The number of carbonyl (C=O) groups is 2. The molecule has 9 nitrogen and oxygen atoms in total. The molecule has 0 saturated carbocycles. The van der Waals surface area contributed by atoms with Gasteiger partial charge in [0, 0.05) is 11.2 Å². The third-order valence-corrected chi connectivity index (χ3v) is 13.6. The number of carbonyl (C=O) groups excluding carboxylic acids is 2. The molecule has 3 aliphatic rings. The van der Waals surface area contributed by atoms with Crippen LogP contribution in [0.25, 0.3) is 0 Å². The third-order valence-electron chi connectivity index (χ3n) is 10.2. The van der Waals surface area contributed by atoms with Crippen molar-refractivity contribution < 1.29 is 38.6 Å². The number of fused-ring (bicyclic) bond motifs is 2. The van der Waals surface area contributed by atoms with Gasteiger partial charge in [-0.15, -0.1) is 11.8 Å². The van der Waals surface area contributed by atoms with E-state index < -0.39 is 33.9 Å². The van der Waals surface area contributed by atoms with Gasteiger partial charge in [0.1, 0.15) is 29.4 Å². The van der Waals surface area contributed by atoms with Crippen LogP contribution in [0.15, 0.2) is 30.3 Å². The van der Waals surface area contributed by atoms with Crippen LogP contribution in [-0.2, 0) is 49.4 Å². The van der Waals surface area contributed by atoms with Crippen LogP contribution in [0.2, 0.25) is 0 Å². The average Bonchev–Trinajstić information content (AvgIpc) is 3.64. The quantitative estimate of drug-likeness (QED) is 0.0846. The number of unbranched alkanes of at least 4 members (excludes halogenated alkanes) is 5. The van der Waals surface area contributed by atoms with Gasteiger partial charge in [0.05, 0.1) is 17.9 Å². The van der Waals surface area contributed by atoms with Crippen LogP contribution in [0.3, 0.4) is 0 Å². The topological polar surface area (TPSA) is 129 Å². The van der Waals surface area contributed by atoms with E-state index in [-0.39, 0.29) is 46.3 Å². The first-order chi connectivity index (χ1) is 24.8. The molecular formula is C42H63NO8S2. The number of hydrogen-bond donors (Lipinski definition) is 2. The molecule has 2 saturated heterocycles. The van der Waals surface area contributed by atoms with Gasteiger partial charge in [0.2, 0.25) is 12.7 Å². The summed E-state index contributed by atoms with van der Waals surface area (Å²) in [5, 5.41) is 20.3. The lowest BCUT2D eigenvalue weighted by Gasteiger charge is -2.43. The van der Waals surface area contributed by atoms with E-state index in [0.717, 1.165) is 46.8 Å². The molecule has 0 aromatic heterocycles. The summed E-state index contributed by atoms with van der Waals surface area (Å²) in [5.74, 6) is 1.67. The van der Waals surface area contributed by atoms with Crippen molar-refractivity contribution in [1.82, 2.24) is 4.90 Å². The van der Waals surface area contributed by atoms with Crippen LogP contribution in [0.4, 0.5) is 0 Å². The maximum atomic E-state index is 13.1. The molecule has 3 aliphatic heterocycles. The molecule has 3 heterocycles. The first-order valence-corrected chi connectivity index (χ1v) is 21.5. The fourth-order valence-corrected chi connectivity index (χ4v) is 10.0. The summed E-state index contributed by atoms with van der Waals surface area (Å²) in [5.41, 5.74) is 3.06. The number of esters is 1. The second-order valence-electron chi connectivity index (χ2n) is 17.3. The van der Waals surface area contributed by atoms with Crippen LogP contribution in [-0.4, -0.2) is 72.1 Å². The van der Waals surface area contributed by atoms with Crippen molar-refractivity contribution in [1.29, 1.82) is 0 Å². The highest BCUT2D eigenvalue weighted by Crippen LogP contribution is 2.53. The highest BCUT2D eigenvalue weighted by Gasteiger charge is 2.63. The first-order valence-electron chi connectivity index (χ1n) is 19.2. The fourth-order valence-electron chi connectivity index (χ4n) is 7.11. The number of phenolic OH excluding ortho intramolecular Hbond substituents is 1. The Morgan fingerprint density at radius 2 is 1.60 bits per heavy atom. The Hall–Kier alpha value is -2.60. The lowest BCUT2D eigenvalue weighted by Crippen LogP contribution is -2.63. The molecule has 2 fully saturated rings. The highest BCUT2D eigenvalue weighted by atomic mass is 32.2. The van der Waals surface area contributed by atoms with Crippen molar-refractivity contribution in [2.24, 2.45) is 5.92 Å². The zero-order valence-corrected chi connectivity index (χ0v) is 35.2. The van der Waals surface area contributed by atoms with Crippen LogP contribution in [0.5, 0.6) is 17.2 Å². The van der Waals surface area contributed by atoms with Crippen LogP contribution < -0.4 is 9.47 Å². The number of ether oxygens (including phenoxy) is 3. The van der Waals surface area contributed by atoms with Gasteiger partial charge in [-0.2, -0.15) is 0 Å². The second kappa shape index (κ2) is 17.9. The molecule has 5 rings (SSSR count). The van der Waals surface area contributed by atoms with Crippen molar-refractivity contribution in [3.05, 3.63) is 52.6 Å². The number of β-lactam (4-membered cyclic amide) rings is 1. The van der Waals surface area contributed by atoms with E-state index in [1.54, 1.807) is 4.90 Å². The smallest absolute Gasteiger partial charge is 0.330 e. The number of rotatable bonds is 14. The molecule has 53 heavy (non-hydrogen) atoms. The molecule has 2 unspecified atom stereocenters. The molecule has 0 spiro atoms. The number of thioether (sulfide) groups is 1. The zero-order valence-electron chi connectivity index (χ0n) is 33.6. The van der Waals surface area contributed by atoms with E-state index in [1.807, 2.05) is 85.7 Å². The van der Waals surface area contributed by atoms with Gasteiger partial charge in [-0.1, -0.05) is 91.4 Å². The monoisotopic (exact) mass is 773 g/mol. The van der Waals surface area contributed by atoms with E-state index in [9.17, 15) is 24.4 Å². The Bertz CT molecular complexity index is 1530. The number of amides is 1. The number of hydrogen-bond acceptors (Lipinski definition) is 9. The van der Waals surface area contributed by atoms with Gasteiger partial charge in [-0.25, -0.2) is 4.79 Å². The third kappa shape index (κ3) is 10.6. The first kappa shape index (κ1) is 43.1. The highest BCUT2D eigenvalue weighted by molar-refractivity contribution is 8.01. The standard InChI is InChI=1S/C24H35NO5S.C18H28O3S/c1-22(2,3)15-9-13(10-16(17(15)27)23(4,5)6)12-30-21(29)18-24(7,8)31-20-14(11-26)19(28)25(18)20;1-3-4-5-6-7-8-11-22(19)15(2)12-16-9-10-17-18(13-16)21-14-20-17/h9-10,14,18,20,26-27H,11-12H2,1-8H3;9-10,13,15H,3-8,11-12,14H2,1-2H3/t14-,18+,20-;/m1./s1. The molecule has 0 bridgehead atoms. The fraction of sp³-hybridized carbons (Fsp3) is 0.667. The lowest BCUT2D eigenvalue weighted by molar-refractivity contribution is -0.168. The molecule has 2 aromatic rings. The minimum absolute atomic E-state index is 0.0681. The van der Waals surface area contributed by atoms with E-state index in [2.05, 4.69) is 13.8 Å². The van der Waals surface area contributed by atoms with Crippen molar-refractivity contribution in [2.75, 3.05) is 19.2 Å². The molecule has 5 atom stereocenters. The molecule has 0 aliphatic carbocycles. The van der Waals surface area contributed by atoms with Crippen molar-refractivity contribution in [2.45, 2.75) is 153 Å². The largest absolute Gasteiger partial charge is 0.616 e. The normalized spacial score (nSPS) is 21.3. The maximum Gasteiger partial charge on any atom is 0.330 e. The molecule has 2 N–H and O–H groups in total. The lowest BCUT2D eigenvalue weighted by atomic mass is 9.78. The number of aromatic hydroxyl groups is 1. The number of benzene rings is 2. The Morgan fingerprint density at radius 1 is 1.00 bits per heavy atom. The Labute approximate surface area is 325 Å². The molecular weight excluding hydrogens is 711 g/mol. The summed E-state index contributed by atoms with van der Waals surface area (Å²) < 4.78 is 28.2. The van der Waals surface area contributed by atoms with E-state index >= 15 is 0 Å². The number of phenols is 1. The van der Waals surface area contributed by atoms with Gasteiger partial charge in [0.15, 0.2) is 11.5 Å². The second-order valence-corrected chi connectivity index (χ2v) is 21.0. The summed E-state index contributed by atoms with van der Waals surface area (Å²) >= 11 is 0.794. The van der Waals surface area contributed by atoms with E-state index in [0.29, 0.717) is 6.79 Å². The van der Waals surface area contributed by atoms with Gasteiger partial charge >= 0.3 is 5.97 Å². The van der Waals surface area contributed by atoms with Crippen molar-refractivity contribution >= 4 is 34.8 Å². The van der Waals surface area contributed by atoms with Gasteiger partial charge in [-0.05, 0) is 91.0 Å². The average molecular weight is 774 g/mol. The molecule has 11 heteroatoms. The minimum Gasteiger partial charge on any atom is -0.616 e. The molecule has 296 valence electrons. The van der Waals surface area contributed by atoms with E-state index in [4.69, 9.17) is 14.2 Å². The molecule has 2 aromatic carbocycles. The van der Waals surface area contributed by atoms with Gasteiger partial charge in [0.25, 0.3) is 0 Å². The van der Waals surface area contributed by atoms with Crippen LogP contribution in [0, 0.1) is 5.92 Å². The Balaban J connectivity index is 0.000000251. The number of nitrogens with zero attached hydrogens (tertiary/aromatic N) is 1. The van der Waals surface area contributed by atoms with Gasteiger partial charge in [-0.3, -0.25) is 4.79 Å². The minimum atomic E-state index is -0.743. The summed E-state index contributed by atoms with van der Waals surface area (Å²) in [7, 11) is 0. The van der Waals surface area contributed by atoms with Crippen molar-refractivity contribution in [3.8, 4) is 17.2 Å². The Morgan fingerprint density at radius 3 is 2.21 bits per heavy atom. The summed E-state index contributed by atoms with van der Waals surface area (Å²) in [6, 6.07) is 9.12. The van der Waals surface area contributed by atoms with E-state index in [1.165, 1.54) is 49.4 Å². The Kier molecular flexibility index (Phi) is 14.6. The van der Waals surface area contributed by atoms with Crippen molar-refractivity contribution in [3.63, 3.8) is 0 Å². The summed E-state index contributed by atoms with van der Waals surface area (Å²) in [6.45, 7) is 20.6.